The number of benzene rings is 1. The van der Waals surface area contributed by atoms with E-state index in [9.17, 15) is 26.4 Å². The number of nitrogens with zero attached hydrogens (tertiary/aromatic N) is 1. The number of esters is 1. The summed E-state index contributed by atoms with van der Waals surface area (Å²) in [6.45, 7) is 1.82. The molecule has 0 aliphatic carbocycles. The summed E-state index contributed by atoms with van der Waals surface area (Å²) >= 11 is 0. The van der Waals surface area contributed by atoms with E-state index >= 15 is 0 Å². The molecule has 0 spiro atoms. The molecule has 166 valence electrons. The highest BCUT2D eigenvalue weighted by atomic mass is 32.2. The molecule has 0 bridgehead atoms. The lowest BCUT2D eigenvalue weighted by atomic mass is 9.98. The second kappa shape index (κ2) is 9.03. The van der Waals surface area contributed by atoms with Gasteiger partial charge in [-0.1, -0.05) is 18.2 Å². The number of carbonyl (C=O) groups is 2. The fourth-order valence-electron chi connectivity index (χ4n) is 3.62. The van der Waals surface area contributed by atoms with Crippen LogP contribution in [0.15, 0.2) is 35.2 Å². The van der Waals surface area contributed by atoms with Gasteiger partial charge in [0.05, 0.1) is 22.3 Å². The Balaban J connectivity index is 1.48. The predicted molar refractivity (Wildman–Crippen MR) is 109 cm³/mol. The summed E-state index contributed by atoms with van der Waals surface area (Å²) in [5, 5.41) is 2.60. The van der Waals surface area contributed by atoms with E-state index in [1.807, 2.05) is 0 Å². The van der Waals surface area contributed by atoms with Crippen molar-refractivity contribution in [3.63, 3.8) is 0 Å². The van der Waals surface area contributed by atoms with Crippen molar-refractivity contribution in [2.24, 2.45) is 5.92 Å². The molecule has 0 aromatic heterocycles. The van der Waals surface area contributed by atoms with Crippen LogP contribution in [0.5, 0.6) is 0 Å². The van der Waals surface area contributed by atoms with E-state index in [0.29, 0.717) is 19.3 Å². The molecule has 2 atom stereocenters. The van der Waals surface area contributed by atoms with Gasteiger partial charge in [0.1, 0.15) is 0 Å². The molecule has 1 aromatic carbocycles. The van der Waals surface area contributed by atoms with Crippen molar-refractivity contribution in [1.29, 1.82) is 0 Å². The number of amides is 1. The molecule has 2 saturated heterocycles. The molecular formula is C19H26N2O7S2. The van der Waals surface area contributed by atoms with Gasteiger partial charge in [-0.3, -0.25) is 9.59 Å². The summed E-state index contributed by atoms with van der Waals surface area (Å²) in [5.74, 6) is -1.64. The van der Waals surface area contributed by atoms with Gasteiger partial charge in [0.15, 0.2) is 15.9 Å². The summed E-state index contributed by atoms with van der Waals surface area (Å²) in [6.07, 6.45) is -0.0876. The quantitative estimate of drug-likeness (QED) is 0.608. The van der Waals surface area contributed by atoms with Crippen molar-refractivity contribution in [3.05, 3.63) is 30.3 Å². The third-order valence-electron chi connectivity index (χ3n) is 5.41. The Labute approximate surface area is 176 Å². The van der Waals surface area contributed by atoms with Gasteiger partial charge in [0, 0.05) is 19.1 Å². The average molecular weight is 459 g/mol. The molecule has 0 saturated carbocycles. The first kappa shape index (κ1) is 22.7. The Morgan fingerprint density at radius 1 is 1.13 bits per heavy atom. The Morgan fingerprint density at radius 3 is 2.33 bits per heavy atom. The standard InChI is InChI=1S/C19H26N2O7S2/c1-14(18(22)20-16-9-12-29(24,25)13-16)28-19(23)15-7-10-21(11-8-15)30(26,27)17-5-3-2-4-6-17/h2-6,14-16H,7-13H2,1H3,(H,20,22)/t14-,16-/m0/s1. The molecule has 0 unspecified atom stereocenters. The van der Waals surface area contributed by atoms with Crippen LogP contribution in [0, 0.1) is 5.92 Å². The maximum absolute atomic E-state index is 12.7. The SMILES string of the molecule is C[C@H](OC(=O)C1CCN(S(=O)(=O)c2ccccc2)CC1)C(=O)N[C@H]1CCS(=O)(=O)C1. The molecule has 1 amide bonds. The first-order chi connectivity index (χ1) is 14.1. The van der Waals surface area contributed by atoms with Crippen molar-refractivity contribution in [1.82, 2.24) is 9.62 Å². The zero-order valence-electron chi connectivity index (χ0n) is 16.7. The topological polar surface area (TPSA) is 127 Å². The normalized spacial score (nSPS) is 23.6. The highest BCUT2D eigenvalue weighted by Crippen LogP contribution is 2.25. The summed E-state index contributed by atoms with van der Waals surface area (Å²) in [4.78, 5) is 24.8. The van der Waals surface area contributed by atoms with Crippen LogP contribution in [0.2, 0.25) is 0 Å². The van der Waals surface area contributed by atoms with Gasteiger partial charge in [-0.15, -0.1) is 0 Å². The number of nitrogens with one attached hydrogen (secondary N) is 1. The Kier molecular flexibility index (Phi) is 6.83. The zero-order valence-corrected chi connectivity index (χ0v) is 18.3. The highest BCUT2D eigenvalue weighted by Gasteiger charge is 2.35. The van der Waals surface area contributed by atoms with E-state index < -0.39 is 49.8 Å². The summed E-state index contributed by atoms with van der Waals surface area (Å²) in [5.41, 5.74) is 0. The van der Waals surface area contributed by atoms with Crippen molar-refractivity contribution in [3.8, 4) is 0 Å². The van der Waals surface area contributed by atoms with E-state index in [2.05, 4.69) is 5.32 Å². The average Bonchev–Trinajstić information content (AvgIpc) is 3.06. The second-order valence-corrected chi connectivity index (χ2v) is 11.8. The Hall–Kier alpha value is -1.98. The van der Waals surface area contributed by atoms with Crippen LogP contribution >= 0.6 is 0 Å². The minimum atomic E-state index is -3.60. The first-order valence-electron chi connectivity index (χ1n) is 9.85. The van der Waals surface area contributed by atoms with Crippen LogP contribution in [-0.4, -0.2) is 69.8 Å². The lowest BCUT2D eigenvalue weighted by Gasteiger charge is -2.30. The van der Waals surface area contributed by atoms with Gasteiger partial charge in [-0.05, 0) is 38.3 Å². The molecule has 2 heterocycles. The smallest absolute Gasteiger partial charge is 0.309 e. The molecule has 11 heteroatoms. The predicted octanol–water partition coefficient (Wildman–Crippen LogP) is 0.322. The fourth-order valence-corrected chi connectivity index (χ4v) is 6.79. The maximum Gasteiger partial charge on any atom is 0.309 e. The Morgan fingerprint density at radius 2 is 1.77 bits per heavy atom. The lowest BCUT2D eigenvalue weighted by molar-refractivity contribution is -0.160. The number of hydrogen-bond acceptors (Lipinski definition) is 7. The van der Waals surface area contributed by atoms with Crippen molar-refractivity contribution in [2.75, 3.05) is 24.6 Å². The first-order valence-corrected chi connectivity index (χ1v) is 13.1. The molecule has 9 nitrogen and oxygen atoms in total. The van der Waals surface area contributed by atoms with Crippen LogP contribution < -0.4 is 5.32 Å². The van der Waals surface area contributed by atoms with Gasteiger partial charge in [0.25, 0.3) is 5.91 Å². The van der Waals surface area contributed by atoms with Crippen LogP contribution in [0.4, 0.5) is 0 Å². The second-order valence-electron chi connectivity index (χ2n) is 7.68. The molecular weight excluding hydrogens is 432 g/mol. The number of hydrogen-bond donors (Lipinski definition) is 1. The van der Waals surface area contributed by atoms with Crippen molar-refractivity contribution >= 4 is 31.7 Å². The van der Waals surface area contributed by atoms with E-state index in [4.69, 9.17) is 4.74 Å². The lowest BCUT2D eigenvalue weighted by Crippen LogP contribution is -2.44. The van der Waals surface area contributed by atoms with Crippen LogP contribution in [-0.2, 0) is 34.2 Å². The monoisotopic (exact) mass is 458 g/mol. The number of ether oxygens (including phenoxy) is 1. The van der Waals surface area contributed by atoms with Gasteiger partial charge in [-0.25, -0.2) is 16.8 Å². The highest BCUT2D eigenvalue weighted by molar-refractivity contribution is 7.91. The molecule has 1 aromatic rings. The summed E-state index contributed by atoms with van der Waals surface area (Å²) < 4.78 is 54.9. The number of piperidine rings is 1. The van der Waals surface area contributed by atoms with Crippen LogP contribution in [0.1, 0.15) is 26.2 Å². The van der Waals surface area contributed by atoms with E-state index in [-0.39, 0.29) is 29.5 Å². The van der Waals surface area contributed by atoms with Crippen LogP contribution in [0.25, 0.3) is 0 Å². The van der Waals surface area contributed by atoms with Crippen LogP contribution in [0.3, 0.4) is 0 Å². The number of rotatable bonds is 6. The number of sulfone groups is 1. The van der Waals surface area contributed by atoms with E-state index in [1.54, 1.807) is 18.2 Å². The van der Waals surface area contributed by atoms with Crippen molar-refractivity contribution < 1.29 is 31.2 Å². The van der Waals surface area contributed by atoms with E-state index in [0.717, 1.165) is 0 Å². The summed E-state index contributed by atoms with van der Waals surface area (Å²) in [7, 11) is -6.72. The minimum absolute atomic E-state index is 0.0383. The van der Waals surface area contributed by atoms with E-state index in [1.165, 1.54) is 23.4 Å². The molecule has 2 aliphatic rings. The molecule has 1 N–H and O–H groups in total. The molecule has 3 rings (SSSR count). The van der Waals surface area contributed by atoms with Gasteiger partial charge in [0.2, 0.25) is 10.0 Å². The Bertz CT molecular complexity index is 985. The summed E-state index contributed by atoms with van der Waals surface area (Å²) in [6, 6.07) is 7.66. The molecule has 0 radical (unpaired) electrons. The molecule has 2 fully saturated rings. The fraction of sp³-hybridized carbons (Fsp3) is 0.579. The van der Waals surface area contributed by atoms with Gasteiger partial charge in [-0.2, -0.15) is 4.31 Å². The molecule has 2 aliphatic heterocycles. The number of carbonyl (C=O) groups excluding carboxylic acids is 2. The maximum atomic E-state index is 12.7. The minimum Gasteiger partial charge on any atom is -0.452 e. The van der Waals surface area contributed by atoms with Gasteiger partial charge >= 0.3 is 5.97 Å². The third kappa shape index (κ3) is 5.38. The largest absolute Gasteiger partial charge is 0.452 e. The van der Waals surface area contributed by atoms with Crippen molar-refractivity contribution in [2.45, 2.75) is 43.2 Å². The van der Waals surface area contributed by atoms with Gasteiger partial charge < -0.3 is 10.1 Å². The molecule has 30 heavy (non-hydrogen) atoms. The number of sulfonamides is 1. The third-order valence-corrected chi connectivity index (χ3v) is 9.09. The zero-order chi connectivity index (χ0) is 21.9.